The lowest BCUT2D eigenvalue weighted by molar-refractivity contribution is 0.187. The number of nitrogens with zero attached hydrogens (tertiary/aromatic N) is 3. The number of likely N-dealkylation sites (tertiary alicyclic amines) is 2. The van der Waals surface area contributed by atoms with Gasteiger partial charge in [-0.25, -0.2) is 0 Å². The fourth-order valence-corrected chi connectivity index (χ4v) is 4.59. The normalized spacial score (nSPS) is 21.0. The molecule has 0 amide bonds. The van der Waals surface area contributed by atoms with Gasteiger partial charge in [-0.1, -0.05) is 37.3 Å². The number of piperidine rings is 1. The van der Waals surface area contributed by atoms with Gasteiger partial charge in [-0.2, -0.15) is 0 Å². The molecule has 5 nitrogen and oxygen atoms in total. The van der Waals surface area contributed by atoms with Gasteiger partial charge in [0.15, 0.2) is 5.96 Å². The molecule has 1 unspecified atom stereocenters. The third kappa shape index (κ3) is 6.21. The van der Waals surface area contributed by atoms with E-state index >= 15 is 0 Å². The predicted molar refractivity (Wildman–Crippen MR) is 119 cm³/mol. The summed E-state index contributed by atoms with van der Waals surface area (Å²) < 4.78 is 0. The van der Waals surface area contributed by atoms with E-state index in [0.29, 0.717) is 6.04 Å². The van der Waals surface area contributed by atoms with Crippen molar-refractivity contribution in [3.63, 3.8) is 0 Å². The van der Waals surface area contributed by atoms with Crippen LogP contribution in [-0.4, -0.2) is 68.6 Å². The first-order valence-corrected chi connectivity index (χ1v) is 11.3. The van der Waals surface area contributed by atoms with E-state index in [9.17, 15) is 0 Å². The number of hydrogen-bond acceptors (Lipinski definition) is 3. The number of hydrogen-bond donors (Lipinski definition) is 2. The molecule has 0 bridgehead atoms. The average Bonchev–Trinajstić information content (AvgIpc) is 3.28. The summed E-state index contributed by atoms with van der Waals surface area (Å²) in [5.41, 5.74) is 1.40. The van der Waals surface area contributed by atoms with Crippen LogP contribution in [0.25, 0.3) is 0 Å². The molecular weight excluding hydrogens is 346 g/mol. The Bertz CT molecular complexity index is 574. The summed E-state index contributed by atoms with van der Waals surface area (Å²) >= 11 is 0. The van der Waals surface area contributed by atoms with E-state index in [0.717, 1.165) is 25.0 Å². The van der Waals surface area contributed by atoms with Crippen LogP contribution in [0.4, 0.5) is 0 Å². The molecule has 2 aliphatic rings. The van der Waals surface area contributed by atoms with Crippen LogP contribution in [0.5, 0.6) is 0 Å². The second-order valence-corrected chi connectivity index (χ2v) is 8.22. The highest BCUT2D eigenvalue weighted by Crippen LogP contribution is 2.24. The van der Waals surface area contributed by atoms with Crippen LogP contribution in [0.2, 0.25) is 0 Å². The summed E-state index contributed by atoms with van der Waals surface area (Å²) in [6.45, 7) is 10.3. The summed E-state index contributed by atoms with van der Waals surface area (Å²) in [6, 6.07) is 11.3. The molecule has 2 N–H and O–H groups in total. The van der Waals surface area contributed by atoms with Crippen molar-refractivity contribution < 1.29 is 0 Å². The zero-order valence-corrected chi connectivity index (χ0v) is 17.9. The average molecular weight is 386 g/mol. The Labute approximate surface area is 171 Å². The quantitative estimate of drug-likeness (QED) is 0.533. The van der Waals surface area contributed by atoms with Gasteiger partial charge in [0.25, 0.3) is 0 Å². The molecule has 0 saturated carbocycles. The Morgan fingerprint density at radius 1 is 1.07 bits per heavy atom. The molecule has 1 aromatic rings. The molecule has 2 saturated heterocycles. The lowest BCUT2D eigenvalue weighted by Gasteiger charge is -2.31. The first-order valence-electron chi connectivity index (χ1n) is 11.3. The molecule has 0 radical (unpaired) electrons. The van der Waals surface area contributed by atoms with Crippen molar-refractivity contribution in [3.8, 4) is 0 Å². The second kappa shape index (κ2) is 11.4. The van der Waals surface area contributed by atoms with Crippen LogP contribution < -0.4 is 10.6 Å². The van der Waals surface area contributed by atoms with Crippen LogP contribution >= 0.6 is 0 Å². The minimum atomic E-state index is 0.417. The molecule has 1 atom stereocenters. The fourth-order valence-electron chi connectivity index (χ4n) is 4.59. The zero-order chi connectivity index (χ0) is 19.6. The maximum absolute atomic E-state index is 4.46. The van der Waals surface area contributed by atoms with Crippen LogP contribution in [0, 0.1) is 5.92 Å². The van der Waals surface area contributed by atoms with E-state index in [4.69, 9.17) is 0 Å². The maximum atomic E-state index is 4.46. The van der Waals surface area contributed by atoms with E-state index in [1.165, 1.54) is 70.4 Å². The molecule has 2 fully saturated rings. The summed E-state index contributed by atoms with van der Waals surface area (Å²) in [7, 11) is 1.88. The van der Waals surface area contributed by atoms with Crippen LogP contribution in [-0.2, 0) is 0 Å². The number of rotatable bonds is 8. The molecule has 2 heterocycles. The zero-order valence-electron chi connectivity index (χ0n) is 17.9. The molecule has 5 heteroatoms. The van der Waals surface area contributed by atoms with E-state index in [-0.39, 0.29) is 0 Å². The summed E-state index contributed by atoms with van der Waals surface area (Å²) in [6.07, 6.45) is 6.55. The lowest BCUT2D eigenvalue weighted by atomic mass is 9.93. The molecule has 2 aliphatic heterocycles. The largest absolute Gasteiger partial charge is 0.356 e. The smallest absolute Gasteiger partial charge is 0.191 e. The molecule has 1 aromatic carbocycles. The van der Waals surface area contributed by atoms with Crippen LogP contribution in [0.3, 0.4) is 0 Å². The third-order valence-corrected chi connectivity index (χ3v) is 6.45. The van der Waals surface area contributed by atoms with Crippen molar-refractivity contribution in [2.45, 2.75) is 45.1 Å². The molecule has 0 aromatic heterocycles. The minimum Gasteiger partial charge on any atom is -0.356 e. The van der Waals surface area contributed by atoms with Gasteiger partial charge < -0.3 is 15.5 Å². The van der Waals surface area contributed by atoms with E-state index in [2.05, 4.69) is 62.7 Å². The van der Waals surface area contributed by atoms with Gasteiger partial charge in [0.05, 0.1) is 6.04 Å². The van der Waals surface area contributed by atoms with E-state index < -0.39 is 0 Å². The number of guanidine groups is 1. The lowest BCUT2D eigenvalue weighted by Crippen LogP contribution is -2.43. The highest BCUT2D eigenvalue weighted by atomic mass is 15.2. The maximum Gasteiger partial charge on any atom is 0.191 e. The van der Waals surface area contributed by atoms with Gasteiger partial charge in [-0.05, 0) is 76.3 Å². The van der Waals surface area contributed by atoms with E-state index in [1.54, 1.807) is 0 Å². The topological polar surface area (TPSA) is 42.9 Å². The molecule has 0 aliphatic carbocycles. The fraction of sp³-hybridized carbons (Fsp3) is 0.696. The third-order valence-electron chi connectivity index (χ3n) is 6.45. The van der Waals surface area contributed by atoms with Gasteiger partial charge >= 0.3 is 0 Å². The Morgan fingerprint density at radius 2 is 1.79 bits per heavy atom. The number of benzene rings is 1. The van der Waals surface area contributed by atoms with Gasteiger partial charge in [0, 0.05) is 20.1 Å². The van der Waals surface area contributed by atoms with Crippen molar-refractivity contribution >= 4 is 5.96 Å². The van der Waals surface area contributed by atoms with Gasteiger partial charge in [-0.15, -0.1) is 0 Å². The predicted octanol–water partition coefficient (Wildman–Crippen LogP) is 3.11. The Kier molecular flexibility index (Phi) is 8.62. The first kappa shape index (κ1) is 21.1. The van der Waals surface area contributed by atoms with Crippen molar-refractivity contribution in [1.82, 2.24) is 20.4 Å². The standard InChI is InChI=1S/C23H39N5/c1-3-27-17-12-20(13-18-27)11-14-25-23(24-2)26-19-22(28-15-7-8-16-28)21-9-5-4-6-10-21/h4-6,9-10,20,22H,3,7-8,11-19H2,1-2H3,(H2,24,25,26). The molecule has 156 valence electrons. The second-order valence-electron chi connectivity index (χ2n) is 8.22. The summed E-state index contributed by atoms with van der Waals surface area (Å²) in [5.74, 6) is 1.79. The van der Waals surface area contributed by atoms with Gasteiger partial charge in [0.1, 0.15) is 0 Å². The van der Waals surface area contributed by atoms with Crippen molar-refractivity contribution in [2.75, 3.05) is 52.9 Å². The molecule has 28 heavy (non-hydrogen) atoms. The minimum absolute atomic E-state index is 0.417. The molecule has 0 spiro atoms. The number of aliphatic imine (C=N–C) groups is 1. The Hall–Kier alpha value is -1.59. The Morgan fingerprint density at radius 3 is 2.43 bits per heavy atom. The highest BCUT2D eigenvalue weighted by molar-refractivity contribution is 5.79. The van der Waals surface area contributed by atoms with Crippen molar-refractivity contribution in [2.24, 2.45) is 10.9 Å². The van der Waals surface area contributed by atoms with Crippen LogP contribution in [0.1, 0.15) is 50.6 Å². The van der Waals surface area contributed by atoms with Gasteiger partial charge in [0.2, 0.25) is 0 Å². The van der Waals surface area contributed by atoms with E-state index in [1.807, 2.05) is 7.05 Å². The van der Waals surface area contributed by atoms with Crippen molar-refractivity contribution in [1.29, 1.82) is 0 Å². The highest BCUT2D eigenvalue weighted by Gasteiger charge is 2.23. The number of nitrogens with one attached hydrogen (secondary N) is 2. The SMILES string of the molecule is CCN1CCC(CCNC(=NC)NCC(c2ccccc2)N2CCCC2)CC1. The monoisotopic (exact) mass is 385 g/mol. The summed E-state index contributed by atoms with van der Waals surface area (Å²) in [5, 5.41) is 7.13. The van der Waals surface area contributed by atoms with Crippen molar-refractivity contribution in [3.05, 3.63) is 35.9 Å². The van der Waals surface area contributed by atoms with Gasteiger partial charge in [-0.3, -0.25) is 9.89 Å². The Balaban J connectivity index is 1.44. The van der Waals surface area contributed by atoms with Crippen LogP contribution in [0.15, 0.2) is 35.3 Å². The summed E-state index contributed by atoms with van der Waals surface area (Å²) in [4.78, 5) is 9.63. The molecule has 3 rings (SSSR count). The first-order chi connectivity index (χ1) is 13.8. The molecular formula is C23H39N5.